The zero-order valence-corrected chi connectivity index (χ0v) is 14.7. The summed E-state index contributed by atoms with van der Waals surface area (Å²) in [7, 11) is 0. The average Bonchev–Trinajstić information content (AvgIpc) is 2.57. The molecular weight excluding hydrogens is 349 g/mol. The Bertz CT molecular complexity index is 771. The van der Waals surface area contributed by atoms with Gasteiger partial charge < -0.3 is 10.6 Å². The van der Waals surface area contributed by atoms with E-state index in [1.54, 1.807) is 12.3 Å². The minimum absolute atomic E-state index is 0.150. The average molecular weight is 366 g/mol. The predicted molar refractivity (Wildman–Crippen MR) is 94.7 cm³/mol. The number of carbonyl (C=O) groups excluding carboxylic acids is 1. The van der Waals surface area contributed by atoms with Gasteiger partial charge in [-0.2, -0.15) is 0 Å². The molecule has 2 aromatic heterocycles. The summed E-state index contributed by atoms with van der Waals surface area (Å²) in [4.78, 5) is 26.4. The van der Waals surface area contributed by atoms with Gasteiger partial charge in [0.2, 0.25) is 0 Å². The Labute approximate surface area is 150 Å². The summed E-state index contributed by atoms with van der Waals surface area (Å²) in [6.07, 6.45) is 5.59. The molecule has 0 aliphatic carbocycles. The number of piperidine rings is 1. The van der Waals surface area contributed by atoms with Crippen LogP contribution >= 0.6 is 23.2 Å². The largest absolute Gasteiger partial charge is 0.355 e. The van der Waals surface area contributed by atoms with Gasteiger partial charge in [-0.3, -0.25) is 4.79 Å². The minimum Gasteiger partial charge on any atom is -0.355 e. The Hall–Kier alpha value is -1.76. The molecule has 3 heterocycles. The highest BCUT2D eigenvalue weighted by molar-refractivity contribution is 6.41. The smallest absolute Gasteiger partial charge is 0.170 e. The molecule has 0 atom stereocenters. The molecule has 0 bridgehead atoms. The minimum atomic E-state index is -0.150. The first kappa shape index (κ1) is 17.1. The van der Waals surface area contributed by atoms with Gasteiger partial charge in [0, 0.05) is 30.4 Å². The van der Waals surface area contributed by atoms with Crippen molar-refractivity contribution in [3.05, 3.63) is 34.3 Å². The number of nitrogens with two attached hydrogens (primary N) is 1. The first-order chi connectivity index (χ1) is 11.4. The van der Waals surface area contributed by atoms with Crippen LogP contribution in [0.1, 0.15) is 30.3 Å². The molecule has 0 radical (unpaired) electrons. The molecule has 0 unspecified atom stereocenters. The fraction of sp³-hybridized carbons (Fsp3) is 0.375. The Balaban J connectivity index is 1.91. The van der Waals surface area contributed by atoms with Gasteiger partial charge in [0.25, 0.3) is 0 Å². The van der Waals surface area contributed by atoms with Gasteiger partial charge in [-0.1, -0.05) is 23.2 Å². The lowest BCUT2D eigenvalue weighted by atomic mass is 9.91. The molecule has 1 saturated heterocycles. The van der Waals surface area contributed by atoms with Gasteiger partial charge in [-0.15, -0.1) is 0 Å². The number of hydrogen-bond donors (Lipinski definition) is 1. The number of pyridine rings is 1. The van der Waals surface area contributed by atoms with Crippen molar-refractivity contribution in [3.63, 3.8) is 0 Å². The van der Waals surface area contributed by atoms with E-state index in [1.165, 1.54) is 6.20 Å². The van der Waals surface area contributed by atoms with E-state index in [2.05, 4.69) is 19.9 Å². The number of carbonyl (C=O) groups is 1. The molecule has 6 nitrogen and oxygen atoms in total. The van der Waals surface area contributed by atoms with E-state index >= 15 is 0 Å². The van der Waals surface area contributed by atoms with Crippen LogP contribution in [0.15, 0.2) is 18.5 Å². The van der Waals surface area contributed by atoms with E-state index in [0.29, 0.717) is 28.4 Å². The zero-order chi connectivity index (χ0) is 17.3. The highest BCUT2D eigenvalue weighted by Crippen LogP contribution is 2.28. The number of nitrogens with zero attached hydrogens (tertiary/aromatic N) is 4. The summed E-state index contributed by atoms with van der Waals surface area (Å²) in [6.45, 7) is 3.62. The van der Waals surface area contributed by atoms with Crippen molar-refractivity contribution in [3.8, 4) is 11.3 Å². The van der Waals surface area contributed by atoms with Crippen molar-refractivity contribution in [1.82, 2.24) is 15.0 Å². The lowest BCUT2D eigenvalue weighted by molar-refractivity contribution is 0.111. The van der Waals surface area contributed by atoms with Crippen LogP contribution < -0.4 is 10.6 Å². The molecule has 2 aromatic rings. The Kier molecular flexibility index (Phi) is 4.71. The molecule has 8 heteroatoms. The quantitative estimate of drug-likeness (QED) is 0.664. The SMILES string of the molecule is CC1(N)CCN(c2cnc(-c3cnc(Cl)c(Cl)c3)c(C=O)n2)CC1. The van der Waals surface area contributed by atoms with Gasteiger partial charge in [-0.25, -0.2) is 15.0 Å². The van der Waals surface area contributed by atoms with Gasteiger partial charge in [0.05, 0.1) is 11.2 Å². The van der Waals surface area contributed by atoms with E-state index in [1.807, 2.05) is 6.92 Å². The van der Waals surface area contributed by atoms with Crippen LogP contribution in [-0.4, -0.2) is 39.9 Å². The normalized spacial score (nSPS) is 16.9. The Morgan fingerprint density at radius 3 is 2.58 bits per heavy atom. The molecule has 3 rings (SSSR count). The molecule has 0 aromatic carbocycles. The summed E-state index contributed by atoms with van der Waals surface area (Å²) in [5.74, 6) is 0.671. The predicted octanol–water partition coefficient (Wildman–Crippen LogP) is 2.98. The first-order valence-corrected chi connectivity index (χ1v) is 8.33. The molecule has 24 heavy (non-hydrogen) atoms. The van der Waals surface area contributed by atoms with Crippen molar-refractivity contribution in [2.24, 2.45) is 5.73 Å². The lowest BCUT2D eigenvalue weighted by Gasteiger charge is -2.37. The van der Waals surface area contributed by atoms with Crippen LogP contribution in [0.3, 0.4) is 0 Å². The van der Waals surface area contributed by atoms with Gasteiger partial charge in [-0.05, 0) is 25.8 Å². The van der Waals surface area contributed by atoms with Crippen molar-refractivity contribution in [2.75, 3.05) is 18.0 Å². The second-order valence-corrected chi connectivity index (χ2v) is 6.98. The fourth-order valence-electron chi connectivity index (χ4n) is 2.65. The zero-order valence-electron chi connectivity index (χ0n) is 13.2. The van der Waals surface area contributed by atoms with Crippen LogP contribution in [-0.2, 0) is 0 Å². The number of aldehydes is 1. The van der Waals surface area contributed by atoms with E-state index in [-0.39, 0.29) is 16.4 Å². The lowest BCUT2D eigenvalue weighted by Crippen LogP contribution is -2.48. The van der Waals surface area contributed by atoms with E-state index < -0.39 is 0 Å². The molecule has 0 amide bonds. The number of halogens is 2. The molecule has 2 N–H and O–H groups in total. The van der Waals surface area contributed by atoms with Gasteiger partial charge in [0.15, 0.2) is 6.29 Å². The molecule has 1 aliphatic rings. The molecule has 1 aliphatic heterocycles. The topological polar surface area (TPSA) is 85.0 Å². The fourth-order valence-corrected chi connectivity index (χ4v) is 2.92. The van der Waals surface area contributed by atoms with Crippen LogP contribution in [0.4, 0.5) is 5.82 Å². The van der Waals surface area contributed by atoms with E-state index in [0.717, 1.165) is 25.9 Å². The number of anilines is 1. The van der Waals surface area contributed by atoms with Crippen LogP contribution in [0.5, 0.6) is 0 Å². The summed E-state index contributed by atoms with van der Waals surface area (Å²) >= 11 is 11.8. The highest BCUT2D eigenvalue weighted by Gasteiger charge is 2.27. The highest BCUT2D eigenvalue weighted by atomic mass is 35.5. The van der Waals surface area contributed by atoms with Crippen molar-refractivity contribution in [1.29, 1.82) is 0 Å². The molecule has 1 fully saturated rings. The van der Waals surface area contributed by atoms with Crippen LogP contribution in [0.2, 0.25) is 10.2 Å². The van der Waals surface area contributed by atoms with Crippen LogP contribution in [0, 0.1) is 0 Å². The Morgan fingerprint density at radius 2 is 1.96 bits per heavy atom. The van der Waals surface area contributed by atoms with E-state index in [4.69, 9.17) is 28.9 Å². The number of rotatable bonds is 3. The van der Waals surface area contributed by atoms with Gasteiger partial charge in [0.1, 0.15) is 22.4 Å². The van der Waals surface area contributed by atoms with Gasteiger partial charge >= 0.3 is 0 Å². The second-order valence-electron chi connectivity index (χ2n) is 6.22. The van der Waals surface area contributed by atoms with Crippen molar-refractivity contribution >= 4 is 35.3 Å². The van der Waals surface area contributed by atoms with Crippen LogP contribution in [0.25, 0.3) is 11.3 Å². The second kappa shape index (κ2) is 6.63. The Morgan fingerprint density at radius 1 is 1.25 bits per heavy atom. The maximum atomic E-state index is 11.5. The molecule has 0 spiro atoms. The van der Waals surface area contributed by atoms with Crippen molar-refractivity contribution < 1.29 is 4.79 Å². The maximum Gasteiger partial charge on any atom is 0.170 e. The third-order valence-electron chi connectivity index (χ3n) is 4.20. The van der Waals surface area contributed by atoms with E-state index in [9.17, 15) is 4.79 Å². The third kappa shape index (κ3) is 3.50. The monoisotopic (exact) mass is 365 g/mol. The third-order valence-corrected chi connectivity index (χ3v) is 4.88. The summed E-state index contributed by atoms with van der Waals surface area (Å²) in [6, 6.07) is 1.62. The maximum absolute atomic E-state index is 11.5. The van der Waals surface area contributed by atoms with Crippen molar-refractivity contribution in [2.45, 2.75) is 25.3 Å². The standard InChI is InChI=1S/C16H17Cl2N5O/c1-16(19)2-4-23(5-3-16)13-8-20-14(12(9-24)22-13)10-6-11(17)15(18)21-7-10/h6-9H,2-5,19H2,1H3. The number of aromatic nitrogens is 3. The molecule has 0 saturated carbocycles. The molecule has 126 valence electrons. The number of hydrogen-bond acceptors (Lipinski definition) is 6. The summed E-state index contributed by atoms with van der Waals surface area (Å²) < 4.78 is 0. The summed E-state index contributed by atoms with van der Waals surface area (Å²) in [5, 5.41) is 0.506. The molecular formula is C16H17Cl2N5O. The first-order valence-electron chi connectivity index (χ1n) is 7.57. The summed E-state index contributed by atoms with van der Waals surface area (Å²) in [5.41, 5.74) is 7.27.